The predicted octanol–water partition coefficient (Wildman–Crippen LogP) is 2.38. The number of amides is 1. The van der Waals surface area contributed by atoms with Crippen LogP contribution >= 0.6 is 11.3 Å². The molecule has 5 heteroatoms. The molecule has 4 nitrogen and oxygen atoms in total. The molecule has 0 aromatic carbocycles. The highest BCUT2D eigenvalue weighted by molar-refractivity contribution is 7.14. The van der Waals surface area contributed by atoms with Gasteiger partial charge in [-0.1, -0.05) is 13.3 Å². The third-order valence-electron chi connectivity index (χ3n) is 2.06. The number of rotatable bonds is 6. The van der Waals surface area contributed by atoms with Crippen LogP contribution in [-0.2, 0) is 4.79 Å². The van der Waals surface area contributed by atoms with Gasteiger partial charge >= 0.3 is 5.97 Å². The lowest BCUT2D eigenvalue weighted by Crippen LogP contribution is -2.23. The van der Waals surface area contributed by atoms with E-state index in [1.165, 1.54) is 17.4 Å². The van der Waals surface area contributed by atoms with E-state index in [-0.39, 0.29) is 5.91 Å². The summed E-state index contributed by atoms with van der Waals surface area (Å²) >= 11 is 1.28. The van der Waals surface area contributed by atoms with Crippen LogP contribution in [0.1, 0.15) is 34.3 Å². The molecule has 0 unspecified atom stereocenters. The molecule has 0 radical (unpaired) electrons. The molecule has 0 fully saturated rings. The lowest BCUT2D eigenvalue weighted by molar-refractivity contribution is -0.131. The second kappa shape index (κ2) is 6.85. The summed E-state index contributed by atoms with van der Waals surface area (Å²) in [6, 6.07) is 3.44. The van der Waals surface area contributed by atoms with Crippen molar-refractivity contribution in [3.8, 4) is 0 Å². The van der Waals surface area contributed by atoms with Crippen LogP contribution < -0.4 is 5.32 Å². The molecule has 0 atom stereocenters. The average Bonchev–Trinajstić information content (AvgIpc) is 2.75. The molecule has 92 valence electrons. The van der Waals surface area contributed by atoms with Crippen molar-refractivity contribution in [3.05, 3.63) is 28.0 Å². The molecule has 1 aromatic heterocycles. The first-order valence-corrected chi connectivity index (χ1v) is 6.24. The Balaban J connectivity index is 2.55. The van der Waals surface area contributed by atoms with Gasteiger partial charge in [0, 0.05) is 17.5 Å². The van der Waals surface area contributed by atoms with Gasteiger partial charge in [-0.25, -0.2) is 4.79 Å². The van der Waals surface area contributed by atoms with E-state index >= 15 is 0 Å². The topological polar surface area (TPSA) is 66.4 Å². The first-order chi connectivity index (χ1) is 8.13. The van der Waals surface area contributed by atoms with E-state index in [1.807, 2.05) is 0 Å². The van der Waals surface area contributed by atoms with Gasteiger partial charge in [-0.2, -0.15) is 0 Å². The van der Waals surface area contributed by atoms with Crippen LogP contribution in [0.5, 0.6) is 0 Å². The zero-order valence-corrected chi connectivity index (χ0v) is 10.4. The Kier molecular flexibility index (Phi) is 5.42. The summed E-state index contributed by atoms with van der Waals surface area (Å²) in [5.74, 6) is -1.09. The van der Waals surface area contributed by atoms with E-state index < -0.39 is 5.97 Å². The van der Waals surface area contributed by atoms with Crippen LogP contribution in [0.15, 0.2) is 18.2 Å². The van der Waals surface area contributed by atoms with Gasteiger partial charge in [0.1, 0.15) is 0 Å². The van der Waals surface area contributed by atoms with Gasteiger partial charge in [-0.3, -0.25) is 4.79 Å². The Morgan fingerprint density at radius 2 is 2.24 bits per heavy atom. The average molecular weight is 253 g/mol. The third kappa shape index (κ3) is 4.82. The van der Waals surface area contributed by atoms with E-state index in [1.54, 1.807) is 12.1 Å². The van der Waals surface area contributed by atoms with Crippen LogP contribution in [-0.4, -0.2) is 23.5 Å². The summed E-state index contributed by atoms with van der Waals surface area (Å²) < 4.78 is 0. The van der Waals surface area contributed by atoms with Crippen molar-refractivity contribution in [3.63, 3.8) is 0 Å². The third-order valence-corrected chi connectivity index (χ3v) is 3.11. The van der Waals surface area contributed by atoms with Gasteiger partial charge in [-0.05, 0) is 24.6 Å². The predicted molar refractivity (Wildman–Crippen MR) is 68.2 cm³/mol. The highest BCUT2D eigenvalue weighted by Crippen LogP contribution is 2.17. The fourth-order valence-corrected chi connectivity index (χ4v) is 2.01. The molecule has 0 spiro atoms. The first kappa shape index (κ1) is 13.4. The molecule has 2 N–H and O–H groups in total. The molecule has 0 bridgehead atoms. The highest BCUT2D eigenvalue weighted by atomic mass is 32.1. The molecule has 0 saturated carbocycles. The number of unbranched alkanes of at least 4 members (excludes halogenated alkanes) is 1. The van der Waals surface area contributed by atoms with Crippen LogP contribution in [0.2, 0.25) is 0 Å². The summed E-state index contributed by atoms with van der Waals surface area (Å²) in [5.41, 5.74) is 0. The standard InChI is InChI=1S/C12H15NO3S/c1-2-3-8-13-12(16)10-6-4-9(17-10)5-7-11(14)15/h4-7H,2-3,8H2,1H3,(H,13,16)(H,14,15)/b7-5+. The fourth-order valence-electron chi connectivity index (χ4n) is 1.18. The van der Waals surface area contributed by atoms with Gasteiger partial charge < -0.3 is 10.4 Å². The van der Waals surface area contributed by atoms with Crippen LogP contribution in [0.4, 0.5) is 0 Å². The number of aliphatic carboxylic acids is 1. The van der Waals surface area contributed by atoms with E-state index in [9.17, 15) is 9.59 Å². The quantitative estimate of drug-likeness (QED) is 0.604. The lowest BCUT2D eigenvalue weighted by Gasteiger charge is -2.00. The number of carbonyl (C=O) groups is 2. The molecule has 0 saturated heterocycles. The number of carboxylic acid groups (broad SMARTS) is 1. The van der Waals surface area contributed by atoms with Crippen molar-refractivity contribution in [2.75, 3.05) is 6.54 Å². The zero-order chi connectivity index (χ0) is 12.7. The van der Waals surface area contributed by atoms with E-state index in [0.29, 0.717) is 11.4 Å². The van der Waals surface area contributed by atoms with Gasteiger partial charge in [0.2, 0.25) is 0 Å². The van der Waals surface area contributed by atoms with Crippen LogP contribution in [0, 0.1) is 0 Å². The van der Waals surface area contributed by atoms with Crippen molar-refractivity contribution in [1.29, 1.82) is 0 Å². The Bertz CT molecular complexity index is 423. The minimum atomic E-state index is -0.993. The van der Waals surface area contributed by atoms with E-state index in [4.69, 9.17) is 5.11 Å². The lowest BCUT2D eigenvalue weighted by atomic mass is 10.3. The van der Waals surface area contributed by atoms with Crippen molar-refractivity contribution in [1.82, 2.24) is 5.32 Å². The van der Waals surface area contributed by atoms with Gasteiger partial charge in [0.05, 0.1) is 4.88 Å². The Labute approximate surface area is 104 Å². The molecule has 1 heterocycles. The summed E-state index contributed by atoms with van der Waals surface area (Å²) in [5, 5.41) is 11.3. The molecule has 1 aromatic rings. The van der Waals surface area contributed by atoms with Crippen molar-refractivity contribution >= 4 is 29.3 Å². The van der Waals surface area contributed by atoms with Gasteiger partial charge in [-0.15, -0.1) is 11.3 Å². The van der Waals surface area contributed by atoms with Crippen LogP contribution in [0.25, 0.3) is 6.08 Å². The van der Waals surface area contributed by atoms with Crippen LogP contribution in [0.3, 0.4) is 0 Å². The molecular formula is C12H15NO3S. The van der Waals surface area contributed by atoms with Gasteiger partial charge in [0.25, 0.3) is 5.91 Å². The molecule has 0 aliphatic carbocycles. The van der Waals surface area contributed by atoms with Crippen molar-refractivity contribution < 1.29 is 14.7 Å². The summed E-state index contributed by atoms with van der Waals surface area (Å²) in [4.78, 5) is 23.3. The number of thiophene rings is 1. The van der Waals surface area contributed by atoms with Crippen molar-refractivity contribution in [2.24, 2.45) is 0 Å². The Morgan fingerprint density at radius 1 is 1.47 bits per heavy atom. The molecule has 0 aliphatic heterocycles. The molecule has 1 amide bonds. The SMILES string of the molecule is CCCCNC(=O)c1ccc(/C=C/C(=O)O)s1. The minimum Gasteiger partial charge on any atom is -0.478 e. The maximum Gasteiger partial charge on any atom is 0.328 e. The summed E-state index contributed by atoms with van der Waals surface area (Å²) in [6.07, 6.45) is 4.54. The largest absolute Gasteiger partial charge is 0.478 e. The Hall–Kier alpha value is -1.62. The molecule has 0 aliphatic rings. The molecule has 1 rings (SSSR count). The smallest absolute Gasteiger partial charge is 0.328 e. The number of hydrogen-bond donors (Lipinski definition) is 2. The second-order valence-corrected chi connectivity index (χ2v) is 4.60. The van der Waals surface area contributed by atoms with E-state index in [2.05, 4.69) is 12.2 Å². The van der Waals surface area contributed by atoms with Crippen molar-refractivity contribution in [2.45, 2.75) is 19.8 Å². The minimum absolute atomic E-state index is 0.0987. The number of carboxylic acids is 1. The number of hydrogen-bond acceptors (Lipinski definition) is 3. The molecular weight excluding hydrogens is 238 g/mol. The second-order valence-electron chi connectivity index (χ2n) is 3.48. The van der Waals surface area contributed by atoms with E-state index in [0.717, 1.165) is 23.8 Å². The summed E-state index contributed by atoms with van der Waals surface area (Å²) in [6.45, 7) is 2.74. The zero-order valence-electron chi connectivity index (χ0n) is 9.60. The number of nitrogens with one attached hydrogen (secondary N) is 1. The summed E-state index contributed by atoms with van der Waals surface area (Å²) in [7, 11) is 0. The Morgan fingerprint density at radius 3 is 2.88 bits per heavy atom. The monoisotopic (exact) mass is 253 g/mol. The fraction of sp³-hybridized carbons (Fsp3) is 0.333. The normalized spacial score (nSPS) is 10.6. The first-order valence-electron chi connectivity index (χ1n) is 5.42. The maximum atomic E-state index is 11.6. The van der Waals surface area contributed by atoms with Gasteiger partial charge in [0.15, 0.2) is 0 Å². The highest BCUT2D eigenvalue weighted by Gasteiger charge is 2.07. The number of carbonyl (C=O) groups excluding carboxylic acids is 1. The molecule has 17 heavy (non-hydrogen) atoms. The maximum absolute atomic E-state index is 11.6.